The van der Waals surface area contributed by atoms with Crippen LogP contribution in [-0.4, -0.2) is 22.0 Å². The SMILES string of the molecule is CCCNC(c1cn[nH]n1)C1CC1. The van der Waals surface area contributed by atoms with Crippen LogP contribution in [0.1, 0.15) is 37.9 Å². The van der Waals surface area contributed by atoms with E-state index in [0.29, 0.717) is 6.04 Å². The fraction of sp³-hybridized carbons (Fsp3) is 0.778. The Morgan fingerprint density at radius 1 is 1.69 bits per heavy atom. The normalized spacial score (nSPS) is 18.8. The van der Waals surface area contributed by atoms with E-state index in [0.717, 1.165) is 18.2 Å². The van der Waals surface area contributed by atoms with Crippen molar-refractivity contribution in [2.45, 2.75) is 32.2 Å². The molecule has 1 aromatic heterocycles. The second-order valence-corrected chi connectivity index (χ2v) is 3.66. The summed E-state index contributed by atoms with van der Waals surface area (Å²) < 4.78 is 0. The monoisotopic (exact) mass is 180 g/mol. The van der Waals surface area contributed by atoms with Crippen molar-refractivity contribution < 1.29 is 0 Å². The summed E-state index contributed by atoms with van der Waals surface area (Å²) in [5.41, 5.74) is 1.07. The molecule has 4 heteroatoms. The zero-order valence-corrected chi connectivity index (χ0v) is 7.95. The molecule has 1 aromatic rings. The van der Waals surface area contributed by atoms with Crippen LogP contribution < -0.4 is 5.32 Å². The minimum Gasteiger partial charge on any atom is -0.308 e. The van der Waals surface area contributed by atoms with Crippen molar-refractivity contribution in [2.75, 3.05) is 6.54 Å². The third-order valence-electron chi connectivity index (χ3n) is 2.46. The molecule has 1 heterocycles. The third-order valence-corrected chi connectivity index (χ3v) is 2.46. The molecule has 0 saturated heterocycles. The molecule has 1 fully saturated rings. The van der Waals surface area contributed by atoms with E-state index in [4.69, 9.17) is 0 Å². The van der Waals surface area contributed by atoms with Crippen molar-refractivity contribution in [3.05, 3.63) is 11.9 Å². The van der Waals surface area contributed by atoms with Crippen LogP contribution >= 0.6 is 0 Å². The quantitative estimate of drug-likeness (QED) is 0.717. The van der Waals surface area contributed by atoms with Crippen LogP contribution in [0.3, 0.4) is 0 Å². The minimum atomic E-state index is 0.429. The van der Waals surface area contributed by atoms with Crippen molar-refractivity contribution in [3.63, 3.8) is 0 Å². The van der Waals surface area contributed by atoms with E-state index < -0.39 is 0 Å². The lowest BCUT2D eigenvalue weighted by Gasteiger charge is -2.14. The zero-order chi connectivity index (χ0) is 9.10. The number of nitrogens with zero attached hydrogens (tertiary/aromatic N) is 2. The summed E-state index contributed by atoms with van der Waals surface area (Å²) in [4.78, 5) is 0. The van der Waals surface area contributed by atoms with Crippen LogP contribution in [0, 0.1) is 5.92 Å². The zero-order valence-electron chi connectivity index (χ0n) is 7.95. The molecule has 0 bridgehead atoms. The Balaban J connectivity index is 1.97. The van der Waals surface area contributed by atoms with Crippen LogP contribution in [0.4, 0.5) is 0 Å². The molecule has 0 radical (unpaired) electrons. The van der Waals surface area contributed by atoms with Gasteiger partial charge in [-0.25, -0.2) is 0 Å². The van der Waals surface area contributed by atoms with Gasteiger partial charge in [0.2, 0.25) is 0 Å². The highest BCUT2D eigenvalue weighted by atomic mass is 15.3. The van der Waals surface area contributed by atoms with Crippen LogP contribution in [0.15, 0.2) is 6.20 Å². The first-order valence-electron chi connectivity index (χ1n) is 5.01. The predicted molar refractivity (Wildman–Crippen MR) is 50.1 cm³/mol. The number of rotatable bonds is 5. The van der Waals surface area contributed by atoms with E-state index in [2.05, 4.69) is 27.7 Å². The molecule has 13 heavy (non-hydrogen) atoms. The molecule has 0 aliphatic heterocycles. The first-order valence-corrected chi connectivity index (χ1v) is 5.01. The third kappa shape index (κ3) is 2.06. The Morgan fingerprint density at radius 2 is 2.54 bits per heavy atom. The maximum atomic E-state index is 4.13. The summed E-state index contributed by atoms with van der Waals surface area (Å²) in [5.74, 6) is 0.789. The van der Waals surface area contributed by atoms with Gasteiger partial charge < -0.3 is 5.32 Å². The van der Waals surface area contributed by atoms with Crippen molar-refractivity contribution >= 4 is 0 Å². The number of H-pyrrole nitrogens is 1. The predicted octanol–water partition coefficient (Wildman–Crippen LogP) is 1.26. The lowest BCUT2D eigenvalue weighted by Crippen LogP contribution is -2.24. The lowest BCUT2D eigenvalue weighted by atomic mass is 10.1. The minimum absolute atomic E-state index is 0.429. The molecule has 0 aromatic carbocycles. The van der Waals surface area contributed by atoms with Crippen LogP contribution in [-0.2, 0) is 0 Å². The topological polar surface area (TPSA) is 53.6 Å². The first kappa shape index (κ1) is 8.69. The van der Waals surface area contributed by atoms with Crippen LogP contribution in [0.5, 0.6) is 0 Å². The number of nitrogens with one attached hydrogen (secondary N) is 2. The van der Waals surface area contributed by atoms with Gasteiger partial charge in [-0.15, -0.1) is 0 Å². The number of hydrogen-bond acceptors (Lipinski definition) is 3. The van der Waals surface area contributed by atoms with E-state index in [1.165, 1.54) is 19.3 Å². The summed E-state index contributed by atoms with van der Waals surface area (Å²) >= 11 is 0. The highest BCUT2D eigenvalue weighted by Gasteiger charge is 2.33. The van der Waals surface area contributed by atoms with Crippen molar-refractivity contribution in [1.82, 2.24) is 20.7 Å². The second kappa shape index (κ2) is 3.87. The standard InChI is InChI=1S/C9H16N4/c1-2-5-10-9(7-3-4-7)8-6-11-13-12-8/h6-7,9-10H,2-5H2,1H3,(H,11,12,13). The Bertz CT molecular complexity index is 240. The summed E-state index contributed by atoms with van der Waals surface area (Å²) in [6, 6.07) is 0.429. The molecule has 1 aliphatic carbocycles. The summed E-state index contributed by atoms with van der Waals surface area (Å²) in [7, 11) is 0. The van der Waals surface area contributed by atoms with Gasteiger partial charge in [0.1, 0.15) is 0 Å². The molecule has 2 N–H and O–H groups in total. The van der Waals surface area contributed by atoms with Gasteiger partial charge in [0.25, 0.3) is 0 Å². The van der Waals surface area contributed by atoms with Gasteiger partial charge in [-0.3, -0.25) is 0 Å². The van der Waals surface area contributed by atoms with Crippen LogP contribution in [0.2, 0.25) is 0 Å². The van der Waals surface area contributed by atoms with Gasteiger partial charge in [0.05, 0.1) is 17.9 Å². The fourth-order valence-corrected chi connectivity index (χ4v) is 1.60. The molecule has 2 rings (SSSR count). The van der Waals surface area contributed by atoms with Crippen molar-refractivity contribution in [1.29, 1.82) is 0 Å². The van der Waals surface area contributed by atoms with E-state index in [1.807, 2.05) is 6.20 Å². The maximum absolute atomic E-state index is 4.13. The van der Waals surface area contributed by atoms with Crippen molar-refractivity contribution in [3.8, 4) is 0 Å². The van der Waals surface area contributed by atoms with E-state index in [9.17, 15) is 0 Å². The molecule has 1 atom stereocenters. The Labute approximate surface area is 78.1 Å². The summed E-state index contributed by atoms with van der Waals surface area (Å²) in [6.07, 6.45) is 5.65. The van der Waals surface area contributed by atoms with Gasteiger partial charge in [-0.1, -0.05) is 6.92 Å². The van der Waals surface area contributed by atoms with Gasteiger partial charge in [0.15, 0.2) is 0 Å². The largest absolute Gasteiger partial charge is 0.308 e. The van der Waals surface area contributed by atoms with E-state index >= 15 is 0 Å². The Morgan fingerprint density at radius 3 is 3.08 bits per heavy atom. The van der Waals surface area contributed by atoms with Gasteiger partial charge in [-0.05, 0) is 31.7 Å². The van der Waals surface area contributed by atoms with Gasteiger partial charge in [0, 0.05) is 0 Å². The molecule has 1 unspecified atom stereocenters. The molecule has 1 saturated carbocycles. The molecular formula is C9H16N4. The summed E-state index contributed by atoms with van der Waals surface area (Å²) in [5, 5.41) is 14.2. The summed E-state index contributed by atoms with van der Waals surface area (Å²) in [6.45, 7) is 3.24. The van der Waals surface area contributed by atoms with Gasteiger partial charge >= 0.3 is 0 Å². The second-order valence-electron chi connectivity index (χ2n) is 3.66. The molecule has 72 valence electrons. The molecule has 0 amide bonds. The smallest absolute Gasteiger partial charge is 0.0996 e. The van der Waals surface area contributed by atoms with E-state index in [1.54, 1.807) is 0 Å². The fourth-order valence-electron chi connectivity index (χ4n) is 1.60. The lowest BCUT2D eigenvalue weighted by molar-refractivity contribution is 0.470. The number of aromatic nitrogens is 3. The Kier molecular flexibility index (Phi) is 2.59. The highest BCUT2D eigenvalue weighted by Crippen LogP contribution is 2.40. The number of hydrogen-bond donors (Lipinski definition) is 2. The maximum Gasteiger partial charge on any atom is 0.0996 e. The molecule has 1 aliphatic rings. The molecule has 0 spiro atoms. The number of aromatic amines is 1. The molecule has 4 nitrogen and oxygen atoms in total. The Hall–Kier alpha value is -0.900. The van der Waals surface area contributed by atoms with Crippen molar-refractivity contribution in [2.24, 2.45) is 5.92 Å². The highest BCUT2D eigenvalue weighted by molar-refractivity contribution is 5.05. The molecular weight excluding hydrogens is 164 g/mol. The van der Waals surface area contributed by atoms with E-state index in [-0.39, 0.29) is 0 Å². The first-order chi connectivity index (χ1) is 6.42. The average molecular weight is 180 g/mol. The van der Waals surface area contributed by atoms with Crippen LogP contribution in [0.25, 0.3) is 0 Å². The average Bonchev–Trinajstić information content (AvgIpc) is 2.82. The van der Waals surface area contributed by atoms with Gasteiger partial charge in [-0.2, -0.15) is 15.4 Å².